The van der Waals surface area contributed by atoms with Gasteiger partial charge in [0.15, 0.2) is 5.82 Å². The summed E-state index contributed by atoms with van der Waals surface area (Å²) in [4.78, 5) is 19.3. The molecule has 6 aromatic rings. The summed E-state index contributed by atoms with van der Waals surface area (Å²) in [6, 6.07) is 19.9. The number of ether oxygens (including phenoxy) is 1. The lowest BCUT2D eigenvalue weighted by atomic mass is 10.0. The van der Waals surface area contributed by atoms with Crippen LogP contribution in [0, 0.1) is 6.92 Å². The fourth-order valence-corrected chi connectivity index (χ4v) is 5.65. The maximum absolute atomic E-state index is 13.2. The summed E-state index contributed by atoms with van der Waals surface area (Å²) >= 11 is 2.88. The summed E-state index contributed by atoms with van der Waals surface area (Å²) in [5.74, 6) is 1.42. The number of hydrogen-bond donors (Lipinski definition) is 0. The molecule has 0 N–H and O–H groups in total. The highest BCUT2D eigenvalue weighted by molar-refractivity contribution is 7.15. The van der Waals surface area contributed by atoms with Crippen molar-refractivity contribution in [1.29, 1.82) is 0 Å². The Hall–Kier alpha value is -4.08. The van der Waals surface area contributed by atoms with E-state index in [0.29, 0.717) is 15.3 Å². The number of rotatable bonds is 6. The second-order valence-electron chi connectivity index (χ2n) is 8.88. The zero-order valence-corrected chi connectivity index (χ0v) is 22.1. The smallest absolute Gasteiger partial charge is 0.291 e. The number of aromatic nitrogens is 5. The van der Waals surface area contributed by atoms with E-state index in [1.54, 1.807) is 11.3 Å². The Morgan fingerprint density at radius 1 is 1.03 bits per heavy atom. The van der Waals surface area contributed by atoms with Crippen LogP contribution >= 0.6 is 22.7 Å². The van der Waals surface area contributed by atoms with Crippen molar-refractivity contribution < 1.29 is 4.74 Å². The molecule has 0 aliphatic heterocycles. The third-order valence-electron chi connectivity index (χ3n) is 5.78. The fraction of sp³-hybridized carbons (Fsp3) is 0.143. The molecule has 0 amide bonds. The van der Waals surface area contributed by atoms with Crippen LogP contribution in [-0.4, -0.2) is 30.5 Å². The van der Waals surface area contributed by atoms with Gasteiger partial charge < -0.3 is 4.74 Å². The van der Waals surface area contributed by atoms with E-state index in [-0.39, 0.29) is 11.7 Å². The highest BCUT2D eigenvalue weighted by Crippen LogP contribution is 2.29. The average Bonchev–Trinajstić information content (AvgIpc) is 3.67. The first-order valence-electron chi connectivity index (χ1n) is 11.8. The zero-order chi connectivity index (χ0) is 25.5. The van der Waals surface area contributed by atoms with Gasteiger partial charge in [0, 0.05) is 17.3 Å². The van der Waals surface area contributed by atoms with Crippen molar-refractivity contribution >= 4 is 33.7 Å². The van der Waals surface area contributed by atoms with Gasteiger partial charge in [0.1, 0.15) is 11.4 Å². The van der Waals surface area contributed by atoms with Crippen LogP contribution in [0.1, 0.15) is 25.0 Å². The average molecular weight is 526 g/mol. The van der Waals surface area contributed by atoms with E-state index in [9.17, 15) is 4.79 Å². The molecule has 0 fully saturated rings. The van der Waals surface area contributed by atoms with Crippen LogP contribution in [0.3, 0.4) is 0 Å². The fourth-order valence-electron chi connectivity index (χ4n) is 4.10. The van der Waals surface area contributed by atoms with E-state index in [4.69, 9.17) is 9.84 Å². The first-order chi connectivity index (χ1) is 18.0. The first kappa shape index (κ1) is 23.3. The Balaban J connectivity index is 1.48. The molecular weight excluding hydrogens is 502 g/mol. The molecular formula is C28H23N5O2S2. The molecule has 7 nitrogen and oxygen atoms in total. The number of fused-ring (bicyclic) bond motifs is 1. The van der Waals surface area contributed by atoms with Crippen LogP contribution in [0.4, 0.5) is 0 Å². The summed E-state index contributed by atoms with van der Waals surface area (Å²) in [6.45, 7) is 6.05. The third-order valence-corrected chi connectivity index (χ3v) is 7.61. The Morgan fingerprint density at radius 2 is 1.86 bits per heavy atom. The number of aryl methyl sites for hydroxylation is 1. The minimum absolute atomic E-state index is 0.0906. The van der Waals surface area contributed by atoms with Gasteiger partial charge in [-0.1, -0.05) is 35.6 Å². The van der Waals surface area contributed by atoms with Crippen molar-refractivity contribution in [3.8, 4) is 33.4 Å². The van der Waals surface area contributed by atoms with E-state index in [2.05, 4.69) is 16.1 Å². The molecule has 4 aromatic heterocycles. The van der Waals surface area contributed by atoms with E-state index in [0.717, 1.165) is 38.7 Å². The van der Waals surface area contributed by atoms with Gasteiger partial charge in [-0.15, -0.1) is 16.4 Å². The topological polar surface area (TPSA) is 74.3 Å². The largest absolute Gasteiger partial charge is 0.491 e. The Morgan fingerprint density at radius 3 is 2.57 bits per heavy atom. The molecule has 0 aliphatic rings. The highest BCUT2D eigenvalue weighted by Gasteiger charge is 2.16. The molecule has 0 bridgehead atoms. The second kappa shape index (κ2) is 9.42. The molecule has 0 saturated carbocycles. The SMILES string of the molecule is Cc1cc(-c2nn(-c3ccccc3)cc2C=c2sc3nc(-c4cccs4)nn3c2=O)ccc1OC(C)C. The van der Waals surface area contributed by atoms with Crippen molar-refractivity contribution in [2.75, 3.05) is 0 Å². The van der Waals surface area contributed by atoms with Gasteiger partial charge in [-0.25, -0.2) is 4.68 Å². The number of thiophene rings is 1. The normalized spacial score (nSPS) is 12.2. The maximum atomic E-state index is 13.2. The molecule has 4 heterocycles. The standard InChI is InChI=1S/C28H23N5O2S2/c1-17(2)35-22-12-11-19(14-18(22)3)25-20(16-32(30-25)21-8-5-4-6-9-21)15-24-27(34)33-28(37-24)29-26(31-33)23-10-7-13-36-23/h4-17H,1-3H3. The van der Waals surface area contributed by atoms with Gasteiger partial charge >= 0.3 is 0 Å². The van der Waals surface area contributed by atoms with Crippen molar-refractivity contribution in [1.82, 2.24) is 24.4 Å². The molecule has 0 radical (unpaired) electrons. The van der Waals surface area contributed by atoms with Gasteiger partial charge in [-0.2, -0.15) is 14.6 Å². The Labute approximate surface area is 220 Å². The summed E-state index contributed by atoms with van der Waals surface area (Å²) in [7, 11) is 0. The molecule has 0 saturated heterocycles. The Kier molecular flexibility index (Phi) is 5.94. The van der Waals surface area contributed by atoms with Crippen LogP contribution in [-0.2, 0) is 0 Å². The lowest BCUT2D eigenvalue weighted by molar-refractivity contribution is 0.241. The molecule has 0 unspecified atom stereocenters. The maximum Gasteiger partial charge on any atom is 0.291 e. The van der Waals surface area contributed by atoms with E-state index in [1.165, 1.54) is 15.9 Å². The van der Waals surface area contributed by atoms with Crippen LogP contribution in [0.15, 0.2) is 77.0 Å². The molecule has 0 atom stereocenters. The van der Waals surface area contributed by atoms with Gasteiger partial charge in [0.25, 0.3) is 5.56 Å². The predicted octanol–water partition coefficient (Wildman–Crippen LogP) is 5.38. The second-order valence-corrected chi connectivity index (χ2v) is 10.8. The van der Waals surface area contributed by atoms with Gasteiger partial charge in [0.05, 0.1) is 21.2 Å². The number of thiazole rings is 1. The number of para-hydroxylation sites is 1. The minimum atomic E-state index is -0.189. The lowest BCUT2D eigenvalue weighted by Gasteiger charge is -2.13. The summed E-state index contributed by atoms with van der Waals surface area (Å²) in [6.07, 6.45) is 3.92. The molecule has 6 rings (SSSR count). The van der Waals surface area contributed by atoms with Crippen LogP contribution in [0.25, 0.3) is 38.7 Å². The molecule has 184 valence electrons. The van der Waals surface area contributed by atoms with E-state index >= 15 is 0 Å². The molecule has 0 aliphatic carbocycles. The van der Waals surface area contributed by atoms with Gasteiger partial charge in [-0.05, 0) is 74.2 Å². The first-order valence-corrected chi connectivity index (χ1v) is 13.5. The van der Waals surface area contributed by atoms with Crippen molar-refractivity contribution in [2.24, 2.45) is 0 Å². The quantitative estimate of drug-likeness (QED) is 0.292. The number of nitrogens with zero attached hydrogens (tertiary/aromatic N) is 5. The van der Waals surface area contributed by atoms with Gasteiger partial charge in [0.2, 0.25) is 4.96 Å². The van der Waals surface area contributed by atoms with E-state index in [1.807, 2.05) is 97.7 Å². The van der Waals surface area contributed by atoms with Crippen molar-refractivity contribution in [2.45, 2.75) is 26.9 Å². The van der Waals surface area contributed by atoms with Crippen molar-refractivity contribution in [3.63, 3.8) is 0 Å². The molecule has 9 heteroatoms. The number of hydrogen-bond acceptors (Lipinski definition) is 7. The van der Waals surface area contributed by atoms with Crippen LogP contribution in [0.5, 0.6) is 5.75 Å². The van der Waals surface area contributed by atoms with E-state index < -0.39 is 0 Å². The monoisotopic (exact) mass is 525 g/mol. The van der Waals surface area contributed by atoms with Gasteiger partial charge in [-0.3, -0.25) is 4.79 Å². The summed E-state index contributed by atoms with van der Waals surface area (Å²) in [5, 5.41) is 11.3. The molecule has 37 heavy (non-hydrogen) atoms. The lowest BCUT2D eigenvalue weighted by Crippen LogP contribution is -2.23. The Bertz CT molecular complexity index is 1820. The summed E-state index contributed by atoms with van der Waals surface area (Å²) < 4.78 is 9.70. The van der Waals surface area contributed by atoms with Crippen molar-refractivity contribution in [3.05, 3.63) is 98.3 Å². The van der Waals surface area contributed by atoms with Crippen LogP contribution < -0.4 is 14.8 Å². The molecule has 0 spiro atoms. The third kappa shape index (κ3) is 4.47. The predicted molar refractivity (Wildman–Crippen MR) is 149 cm³/mol. The minimum Gasteiger partial charge on any atom is -0.491 e. The zero-order valence-electron chi connectivity index (χ0n) is 20.5. The summed E-state index contributed by atoms with van der Waals surface area (Å²) in [5.41, 5.74) is 4.33. The number of benzene rings is 2. The molecule has 2 aromatic carbocycles. The van der Waals surface area contributed by atoms with Crippen LogP contribution in [0.2, 0.25) is 0 Å². The highest BCUT2D eigenvalue weighted by atomic mass is 32.1.